The van der Waals surface area contributed by atoms with E-state index in [1.807, 2.05) is 59.5 Å². The van der Waals surface area contributed by atoms with Crippen LogP contribution in [0.4, 0.5) is 10.5 Å². The minimum Gasteiger partial charge on any atom is -0.497 e. The molecule has 2 aliphatic rings. The summed E-state index contributed by atoms with van der Waals surface area (Å²) >= 11 is 0. The molecule has 3 aromatic carbocycles. The van der Waals surface area contributed by atoms with Crippen molar-refractivity contribution < 1.29 is 14.3 Å². The van der Waals surface area contributed by atoms with Gasteiger partial charge in [0.1, 0.15) is 5.75 Å². The number of hydrogen-bond donors (Lipinski definition) is 1. The second-order valence-electron chi connectivity index (χ2n) is 9.90. The largest absolute Gasteiger partial charge is 0.497 e. The van der Waals surface area contributed by atoms with Crippen molar-refractivity contribution in [3.8, 4) is 17.6 Å². The molecular weight excluding hydrogens is 474 g/mol. The molecule has 6 heteroatoms. The quantitative estimate of drug-likeness (QED) is 0.480. The maximum atomic E-state index is 13.3. The number of nitrogens with zero attached hydrogens (tertiary/aromatic N) is 2. The van der Waals surface area contributed by atoms with E-state index in [2.05, 4.69) is 46.3 Å². The van der Waals surface area contributed by atoms with Crippen LogP contribution in [0.1, 0.15) is 35.4 Å². The first-order chi connectivity index (χ1) is 18.7. The number of nitrogens with one attached hydrogen (secondary N) is 1. The molecule has 196 valence electrons. The maximum Gasteiger partial charge on any atom is 0.321 e. The lowest BCUT2D eigenvalue weighted by Gasteiger charge is -2.57. The predicted molar refractivity (Wildman–Crippen MR) is 151 cm³/mol. The van der Waals surface area contributed by atoms with Crippen LogP contribution >= 0.6 is 0 Å². The standard InChI is InChI=1S/C32H35N3O3/c1-37-23-30-31(26-14-12-25(13-15-26)11-10-24-8-4-3-5-9-24)29-22-34(20-6-7-21-35(29)30)32(36)33-27-16-18-28(38-2)19-17-27/h3-5,8-9,12-19,29-31H,6-7,20-23H2,1-2H3,(H,33,36)/t29-,30+,31?/m0/s1. The van der Waals surface area contributed by atoms with Crippen molar-refractivity contribution in [1.82, 2.24) is 9.80 Å². The van der Waals surface area contributed by atoms with E-state index in [0.717, 1.165) is 48.5 Å². The topological polar surface area (TPSA) is 54.0 Å². The first kappa shape index (κ1) is 25.8. The highest BCUT2D eigenvalue weighted by Gasteiger charge is 2.49. The number of carbonyl (C=O) groups is 1. The van der Waals surface area contributed by atoms with Gasteiger partial charge in [0.2, 0.25) is 0 Å². The molecule has 5 rings (SSSR count). The minimum atomic E-state index is -0.0579. The van der Waals surface area contributed by atoms with Crippen LogP contribution in [0.2, 0.25) is 0 Å². The van der Waals surface area contributed by atoms with Crippen molar-refractivity contribution in [1.29, 1.82) is 0 Å². The summed E-state index contributed by atoms with van der Waals surface area (Å²) in [5.41, 5.74) is 4.04. The van der Waals surface area contributed by atoms with Gasteiger partial charge in [0, 0.05) is 55.0 Å². The average molecular weight is 510 g/mol. The van der Waals surface area contributed by atoms with Gasteiger partial charge < -0.3 is 19.7 Å². The molecule has 1 N–H and O–H groups in total. The number of fused-ring (bicyclic) bond motifs is 1. The van der Waals surface area contributed by atoms with Gasteiger partial charge in [0.15, 0.2) is 0 Å². The molecule has 6 nitrogen and oxygen atoms in total. The van der Waals surface area contributed by atoms with Crippen LogP contribution in [0.15, 0.2) is 78.9 Å². The third-order valence-corrected chi connectivity index (χ3v) is 7.57. The molecular formula is C32H35N3O3. The number of urea groups is 1. The van der Waals surface area contributed by atoms with E-state index in [9.17, 15) is 4.79 Å². The monoisotopic (exact) mass is 509 g/mol. The molecule has 0 saturated carbocycles. The zero-order chi connectivity index (χ0) is 26.3. The molecule has 3 aromatic rings. The molecule has 2 amide bonds. The normalized spacial score (nSPS) is 21.1. The van der Waals surface area contributed by atoms with Gasteiger partial charge >= 0.3 is 6.03 Å². The number of hydrogen-bond acceptors (Lipinski definition) is 4. The van der Waals surface area contributed by atoms with Crippen molar-refractivity contribution in [3.63, 3.8) is 0 Å². The Morgan fingerprint density at radius 3 is 2.26 bits per heavy atom. The summed E-state index contributed by atoms with van der Waals surface area (Å²) in [4.78, 5) is 17.8. The van der Waals surface area contributed by atoms with Gasteiger partial charge in [-0.2, -0.15) is 0 Å². The summed E-state index contributed by atoms with van der Waals surface area (Å²) in [6, 6.07) is 26.6. The lowest BCUT2D eigenvalue weighted by Crippen LogP contribution is -2.68. The molecule has 0 aromatic heterocycles. The number of carbonyl (C=O) groups excluding carboxylic acids is 1. The Labute approximate surface area is 225 Å². The number of rotatable bonds is 5. The van der Waals surface area contributed by atoms with Gasteiger partial charge in [-0.3, -0.25) is 4.90 Å². The van der Waals surface area contributed by atoms with E-state index in [1.165, 1.54) is 5.56 Å². The van der Waals surface area contributed by atoms with Gasteiger partial charge in [-0.05, 0) is 73.5 Å². The second-order valence-corrected chi connectivity index (χ2v) is 9.90. The fourth-order valence-corrected chi connectivity index (χ4v) is 5.61. The van der Waals surface area contributed by atoms with Crippen LogP contribution in [0.25, 0.3) is 0 Å². The fourth-order valence-electron chi connectivity index (χ4n) is 5.61. The van der Waals surface area contributed by atoms with Gasteiger partial charge in [-0.25, -0.2) is 4.79 Å². The number of methoxy groups -OCH3 is 2. The molecule has 2 aliphatic heterocycles. The Bertz CT molecular complexity index is 1270. The zero-order valence-corrected chi connectivity index (χ0v) is 22.1. The molecule has 1 unspecified atom stereocenters. The summed E-state index contributed by atoms with van der Waals surface area (Å²) < 4.78 is 10.9. The van der Waals surface area contributed by atoms with Crippen molar-refractivity contribution in [3.05, 3.63) is 95.6 Å². The lowest BCUT2D eigenvalue weighted by atomic mass is 9.74. The summed E-state index contributed by atoms with van der Waals surface area (Å²) in [6.45, 7) is 3.14. The Morgan fingerprint density at radius 1 is 0.895 bits per heavy atom. The van der Waals surface area contributed by atoms with Crippen LogP contribution in [0.5, 0.6) is 5.75 Å². The van der Waals surface area contributed by atoms with Crippen molar-refractivity contribution in [2.75, 3.05) is 45.8 Å². The Morgan fingerprint density at radius 2 is 1.58 bits per heavy atom. The zero-order valence-electron chi connectivity index (χ0n) is 22.1. The molecule has 3 atom stereocenters. The lowest BCUT2D eigenvalue weighted by molar-refractivity contribution is -0.0663. The SMILES string of the molecule is COC[C@@H]1C(c2ccc(C#Cc3ccccc3)cc2)[C@@H]2CN(C(=O)Nc3ccc(OC)cc3)CCCCN12. The third-order valence-electron chi connectivity index (χ3n) is 7.57. The van der Waals surface area contributed by atoms with Crippen LogP contribution in [-0.4, -0.2) is 68.4 Å². The smallest absolute Gasteiger partial charge is 0.321 e. The van der Waals surface area contributed by atoms with Crippen molar-refractivity contribution in [2.24, 2.45) is 0 Å². The molecule has 0 aliphatic carbocycles. The van der Waals surface area contributed by atoms with Gasteiger partial charge in [0.05, 0.1) is 13.7 Å². The fraction of sp³-hybridized carbons (Fsp3) is 0.344. The van der Waals surface area contributed by atoms with Crippen molar-refractivity contribution in [2.45, 2.75) is 30.8 Å². The van der Waals surface area contributed by atoms with Gasteiger partial charge in [-0.15, -0.1) is 0 Å². The van der Waals surface area contributed by atoms with Crippen LogP contribution in [0, 0.1) is 11.8 Å². The Hall–Kier alpha value is -3.79. The molecule has 0 bridgehead atoms. The first-order valence-corrected chi connectivity index (χ1v) is 13.3. The number of ether oxygens (including phenoxy) is 2. The van der Waals surface area contributed by atoms with E-state index >= 15 is 0 Å². The Kier molecular flexibility index (Phi) is 8.28. The third kappa shape index (κ3) is 5.85. The number of anilines is 1. The Balaban J connectivity index is 1.31. The molecule has 2 heterocycles. The highest BCUT2D eigenvalue weighted by molar-refractivity contribution is 5.89. The first-order valence-electron chi connectivity index (χ1n) is 13.3. The maximum absolute atomic E-state index is 13.3. The van der Waals surface area contributed by atoms with Gasteiger partial charge in [0.25, 0.3) is 0 Å². The highest BCUT2D eigenvalue weighted by Crippen LogP contribution is 2.42. The molecule has 2 fully saturated rings. The summed E-state index contributed by atoms with van der Waals surface area (Å²) in [7, 11) is 3.41. The van der Waals surface area contributed by atoms with Crippen LogP contribution in [0.3, 0.4) is 0 Å². The molecule has 0 spiro atoms. The van der Waals surface area contributed by atoms with Crippen molar-refractivity contribution >= 4 is 11.7 Å². The summed E-state index contributed by atoms with van der Waals surface area (Å²) in [5, 5.41) is 3.07. The van der Waals surface area contributed by atoms with E-state index < -0.39 is 0 Å². The summed E-state index contributed by atoms with van der Waals surface area (Å²) in [6.07, 6.45) is 2.04. The van der Waals surface area contributed by atoms with Crippen LogP contribution in [-0.2, 0) is 4.74 Å². The van der Waals surface area contributed by atoms with E-state index in [-0.39, 0.29) is 12.1 Å². The molecule has 2 saturated heterocycles. The van der Waals surface area contributed by atoms with E-state index in [1.54, 1.807) is 14.2 Å². The van der Waals surface area contributed by atoms with E-state index in [4.69, 9.17) is 9.47 Å². The predicted octanol–water partition coefficient (Wildman–Crippen LogP) is 5.21. The average Bonchev–Trinajstić information content (AvgIpc) is 2.94. The van der Waals surface area contributed by atoms with Gasteiger partial charge in [-0.1, -0.05) is 42.2 Å². The second kappa shape index (κ2) is 12.2. The number of benzene rings is 3. The molecule has 38 heavy (non-hydrogen) atoms. The molecule has 0 radical (unpaired) electrons. The number of amides is 2. The minimum absolute atomic E-state index is 0.0579. The van der Waals surface area contributed by atoms with E-state index in [0.29, 0.717) is 25.1 Å². The highest BCUT2D eigenvalue weighted by atomic mass is 16.5. The van der Waals surface area contributed by atoms with Crippen LogP contribution < -0.4 is 10.1 Å². The summed E-state index contributed by atoms with van der Waals surface area (Å²) in [5.74, 6) is 7.57.